The van der Waals surface area contributed by atoms with E-state index in [2.05, 4.69) is 6.92 Å². The van der Waals surface area contributed by atoms with Crippen LogP contribution in [-0.2, 0) is 14.6 Å². The lowest BCUT2D eigenvalue weighted by Gasteiger charge is -2.28. The number of likely N-dealkylation sites (tertiary alicyclic amines) is 1. The number of hydrogen-bond acceptors (Lipinski definition) is 4. The molecule has 0 aliphatic carbocycles. The van der Waals surface area contributed by atoms with E-state index in [0.717, 1.165) is 51.6 Å². The number of piperidine rings is 1. The molecule has 0 saturated carbocycles. The van der Waals surface area contributed by atoms with Crippen LogP contribution in [0.4, 0.5) is 0 Å². The normalized spacial score (nSPS) is 17.5. The summed E-state index contributed by atoms with van der Waals surface area (Å²) in [5.41, 5.74) is 0. The Labute approximate surface area is 163 Å². The Morgan fingerprint density at radius 1 is 1.07 bits per heavy atom. The van der Waals surface area contributed by atoms with Crippen LogP contribution in [0.25, 0.3) is 0 Å². The molecule has 2 rings (SSSR count). The minimum Gasteiger partial charge on any atom is -0.392 e. The Balaban J connectivity index is 2.04. The molecule has 1 aliphatic rings. The number of carbonyl (C=O) groups excluding carboxylic acids is 1. The average molecular weight is 396 g/mol. The molecular weight excluding hydrogens is 362 g/mol. The fourth-order valence-electron chi connectivity index (χ4n) is 3.69. The van der Waals surface area contributed by atoms with E-state index in [9.17, 15) is 18.3 Å². The third kappa shape index (κ3) is 6.32. The highest BCUT2D eigenvalue weighted by atomic mass is 32.2. The molecule has 2 unspecified atom stereocenters. The van der Waals surface area contributed by atoms with Crippen molar-refractivity contribution in [3.63, 3.8) is 0 Å². The molecule has 2 atom stereocenters. The first-order valence-electron chi connectivity index (χ1n) is 10.2. The van der Waals surface area contributed by atoms with Crippen molar-refractivity contribution in [3.05, 3.63) is 30.3 Å². The van der Waals surface area contributed by atoms with Crippen molar-refractivity contribution >= 4 is 15.7 Å². The van der Waals surface area contributed by atoms with E-state index >= 15 is 0 Å². The molecule has 0 spiro atoms. The number of aliphatic hydroxyl groups excluding tert-OH is 1. The number of carbonyl (C=O) groups is 1. The standard InChI is InChI=1S/C21H33NO4S/c1-2-3-6-13-20(27(25,26)18-11-7-4-8-12-18)19(23)14-15-21(24)22-16-9-5-10-17-22/h4,7-8,11-12,19-20,23H,2-3,5-6,9-10,13-17H2,1H3. The molecule has 5 nitrogen and oxygen atoms in total. The van der Waals surface area contributed by atoms with Crippen molar-refractivity contribution in [2.24, 2.45) is 0 Å². The minimum atomic E-state index is -3.63. The Morgan fingerprint density at radius 2 is 1.74 bits per heavy atom. The van der Waals surface area contributed by atoms with E-state index in [1.807, 2.05) is 4.90 Å². The molecule has 6 heteroatoms. The minimum absolute atomic E-state index is 0.0261. The van der Waals surface area contributed by atoms with Gasteiger partial charge in [-0.15, -0.1) is 0 Å². The van der Waals surface area contributed by atoms with Crippen molar-refractivity contribution in [1.82, 2.24) is 4.90 Å². The van der Waals surface area contributed by atoms with Gasteiger partial charge in [-0.2, -0.15) is 0 Å². The largest absolute Gasteiger partial charge is 0.392 e. The summed E-state index contributed by atoms with van der Waals surface area (Å²) in [6, 6.07) is 8.32. The number of rotatable bonds is 10. The van der Waals surface area contributed by atoms with Gasteiger partial charge in [-0.05, 0) is 44.2 Å². The van der Waals surface area contributed by atoms with Gasteiger partial charge in [0, 0.05) is 19.5 Å². The third-order valence-corrected chi connectivity index (χ3v) is 7.63. The molecule has 1 amide bonds. The van der Waals surface area contributed by atoms with Crippen LogP contribution in [0.3, 0.4) is 0 Å². The molecule has 0 bridgehead atoms. The van der Waals surface area contributed by atoms with Gasteiger partial charge in [-0.25, -0.2) is 8.42 Å². The van der Waals surface area contributed by atoms with E-state index in [1.165, 1.54) is 0 Å². The maximum absolute atomic E-state index is 13.1. The zero-order valence-corrected chi connectivity index (χ0v) is 17.2. The predicted molar refractivity (Wildman–Crippen MR) is 107 cm³/mol. The molecule has 152 valence electrons. The van der Waals surface area contributed by atoms with Crippen molar-refractivity contribution < 1.29 is 18.3 Å². The van der Waals surface area contributed by atoms with Gasteiger partial charge in [0.05, 0.1) is 16.2 Å². The Bertz CT molecular complexity index is 669. The van der Waals surface area contributed by atoms with Gasteiger partial charge in [0.2, 0.25) is 5.91 Å². The van der Waals surface area contributed by atoms with Crippen molar-refractivity contribution in [2.45, 2.75) is 81.0 Å². The van der Waals surface area contributed by atoms with Crippen molar-refractivity contribution in [1.29, 1.82) is 0 Å². The maximum Gasteiger partial charge on any atom is 0.222 e. The van der Waals surface area contributed by atoms with Crippen molar-refractivity contribution in [2.75, 3.05) is 13.1 Å². The summed E-state index contributed by atoms with van der Waals surface area (Å²) in [7, 11) is -3.63. The van der Waals surface area contributed by atoms with Gasteiger partial charge in [0.15, 0.2) is 9.84 Å². The van der Waals surface area contributed by atoms with Gasteiger partial charge in [0.25, 0.3) is 0 Å². The Kier molecular flexibility index (Phi) is 8.77. The first-order chi connectivity index (χ1) is 13.0. The lowest BCUT2D eigenvalue weighted by molar-refractivity contribution is -0.132. The number of amides is 1. The van der Waals surface area contributed by atoms with E-state index in [1.54, 1.807) is 30.3 Å². The second-order valence-corrected chi connectivity index (χ2v) is 9.61. The summed E-state index contributed by atoms with van der Waals surface area (Å²) < 4.78 is 26.1. The molecule has 1 aromatic carbocycles. The van der Waals surface area contributed by atoms with E-state index in [-0.39, 0.29) is 23.6 Å². The van der Waals surface area contributed by atoms with E-state index in [0.29, 0.717) is 6.42 Å². The monoisotopic (exact) mass is 395 g/mol. The van der Waals surface area contributed by atoms with Crippen molar-refractivity contribution in [3.8, 4) is 0 Å². The zero-order chi connectivity index (χ0) is 19.7. The fourth-order valence-corrected chi connectivity index (χ4v) is 5.61. The topological polar surface area (TPSA) is 74.7 Å². The second kappa shape index (κ2) is 10.8. The number of hydrogen-bond donors (Lipinski definition) is 1. The number of sulfone groups is 1. The molecule has 0 radical (unpaired) electrons. The van der Waals surface area contributed by atoms with Crippen LogP contribution >= 0.6 is 0 Å². The lowest BCUT2D eigenvalue weighted by Crippen LogP contribution is -2.38. The van der Waals surface area contributed by atoms with E-state index in [4.69, 9.17) is 0 Å². The highest BCUT2D eigenvalue weighted by molar-refractivity contribution is 7.92. The quantitative estimate of drug-likeness (QED) is 0.615. The molecule has 1 fully saturated rings. The van der Waals surface area contributed by atoms with Gasteiger partial charge in [-0.3, -0.25) is 4.79 Å². The average Bonchev–Trinajstić information content (AvgIpc) is 2.70. The van der Waals surface area contributed by atoms with Crippen LogP contribution in [0, 0.1) is 0 Å². The third-order valence-electron chi connectivity index (χ3n) is 5.35. The SMILES string of the molecule is CCCCCC(C(O)CCC(=O)N1CCCCC1)S(=O)(=O)c1ccccc1. The zero-order valence-electron chi connectivity index (χ0n) is 16.3. The first kappa shape index (κ1) is 21.9. The highest BCUT2D eigenvalue weighted by Crippen LogP contribution is 2.25. The summed E-state index contributed by atoms with van der Waals surface area (Å²) >= 11 is 0. The number of nitrogens with zero attached hydrogens (tertiary/aromatic N) is 1. The van der Waals surface area contributed by atoms with Crippen LogP contribution < -0.4 is 0 Å². The fraction of sp³-hybridized carbons (Fsp3) is 0.667. The number of unbranched alkanes of at least 4 members (excludes halogenated alkanes) is 2. The van der Waals surface area contributed by atoms with Gasteiger partial charge in [-0.1, -0.05) is 44.4 Å². The maximum atomic E-state index is 13.1. The van der Waals surface area contributed by atoms with Crippen LogP contribution in [0.1, 0.15) is 64.7 Å². The molecule has 1 N–H and O–H groups in total. The summed E-state index contributed by atoms with van der Waals surface area (Å²) in [4.78, 5) is 14.5. The predicted octanol–water partition coefficient (Wildman–Crippen LogP) is 3.56. The van der Waals surface area contributed by atoms with Crippen LogP contribution in [-0.4, -0.2) is 48.8 Å². The lowest BCUT2D eigenvalue weighted by atomic mass is 10.0. The summed E-state index contributed by atoms with van der Waals surface area (Å²) in [6.07, 6.45) is 5.67. The summed E-state index contributed by atoms with van der Waals surface area (Å²) in [5, 5.41) is 9.84. The molecule has 27 heavy (non-hydrogen) atoms. The van der Waals surface area contributed by atoms with Crippen LogP contribution in [0.5, 0.6) is 0 Å². The Morgan fingerprint density at radius 3 is 2.37 bits per heavy atom. The molecule has 1 heterocycles. The number of aliphatic hydroxyl groups is 1. The van der Waals surface area contributed by atoms with Gasteiger partial charge < -0.3 is 10.0 Å². The highest BCUT2D eigenvalue weighted by Gasteiger charge is 2.33. The first-order valence-corrected chi connectivity index (χ1v) is 11.8. The summed E-state index contributed by atoms with van der Waals surface area (Å²) in [5.74, 6) is 0.0261. The summed E-state index contributed by atoms with van der Waals surface area (Å²) in [6.45, 7) is 3.61. The molecular formula is C21H33NO4S. The molecule has 1 aliphatic heterocycles. The van der Waals surface area contributed by atoms with Gasteiger partial charge >= 0.3 is 0 Å². The molecule has 1 saturated heterocycles. The Hall–Kier alpha value is -1.40. The van der Waals surface area contributed by atoms with E-state index < -0.39 is 21.2 Å². The number of benzene rings is 1. The molecule has 0 aromatic heterocycles. The molecule has 1 aromatic rings. The van der Waals surface area contributed by atoms with Crippen LogP contribution in [0.2, 0.25) is 0 Å². The van der Waals surface area contributed by atoms with Crippen LogP contribution in [0.15, 0.2) is 35.2 Å². The van der Waals surface area contributed by atoms with Gasteiger partial charge in [0.1, 0.15) is 0 Å². The second-order valence-electron chi connectivity index (χ2n) is 7.44. The smallest absolute Gasteiger partial charge is 0.222 e.